The number of anilines is 1. The first-order chi connectivity index (χ1) is 13.5. The molecular weight excluding hydrogens is 376 g/mol. The van der Waals surface area contributed by atoms with Crippen LogP contribution in [0.3, 0.4) is 0 Å². The van der Waals surface area contributed by atoms with E-state index in [0.29, 0.717) is 17.1 Å². The van der Waals surface area contributed by atoms with Crippen molar-refractivity contribution in [3.8, 4) is 22.9 Å². The van der Waals surface area contributed by atoms with E-state index in [1.165, 1.54) is 0 Å². The number of hydrogen-bond donors (Lipinski definition) is 2. The van der Waals surface area contributed by atoms with Gasteiger partial charge in [0.25, 0.3) is 0 Å². The van der Waals surface area contributed by atoms with Crippen LogP contribution in [0.1, 0.15) is 12.0 Å². The van der Waals surface area contributed by atoms with Gasteiger partial charge in [0.1, 0.15) is 11.5 Å². The Labute approximate surface area is 168 Å². The number of methoxy groups -OCH3 is 2. The van der Waals surface area contributed by atoms with Crippen LogP contribution >= 0.6 is 12.2 Å². The molecule has 1 aromatic heterocycles. The van der Waals surface area contributed by atoms with E-state index >= 15 is 0 Å². The fraction of sp³-hybridized carbons (Fsp3) is 0.250. The Kier molecular flexibility index (Phi) is 6.10. The van der Waals surface area contributed by atoms with E-state index in [9.17, 15) is 4.79 Å². The zero-order valence-electron chi connectivity index (χ0n) is 16.0. The van der Waals surface area contributed by atoms with E-state index in [2.05, 4.69) is 15.5 Å². The fourth-order valence-corrected chi connectivity index (χ4v) is 3.10. The van der Waals surface area contributed by atoms with Gasteiger partial charge in [-0.1, -0.05) is 0 Å². The zero-order chi connectivity index (χ0) is 20.1. The number of benzene rings is 2. The molecule has 0 bridgehead atoms. The van der Waals surface area contributed by atoms with E-state index < -0.39 is 0 Å². The van der Waals surface area contributed by atoms with Crippen LogP contribution < -0.4 is 14.8 Å². The van der Waals surface area contributed by atoms with Crippen molar-refractivity contribution in [1.82, 2.24) is 14.8 Å². The molecule has 28 heavy (non-hydrogen) atoms. The van der Waals surface area contributed by atoms with E-state index in [1.54, 1.807) is 14.2 Å². The summed E-state index contributed by atoms with van der Waals surface area (Å²) in [6.07, 6.45) is 0.266. The first-order valence-corrected chi connectivity index (χ1v) is 9.16. The van der Waals surface area contributed by atoms with E-state index in [4.69, 9.17) is 21.7 Å². The molecule has 0 aliphatic carbocycles. The maximum absolute atomic E-state index is 12.4. The molecule has 1 heterocycles. The Morgan fingerprint density at radius 1 is 1.18 bits per heavy atom. The summed E-state index contributed by atoms with van der Waals surface area (Å²) < 4.78 is 12.7. The number of hydrogen-bond acceptors (Lipinski definition) is 5. The van der Waals surface area contributed by atoms with Gasteiger partial charge in [0, 0.05) is 24.2 Å². The molecule has 0 radical (unpaired) electrons. The molecule has 8 heteroatoms. The van der Waals surface area contributed by atoms with Crippen molar-refractivity contribution >= 4 is 23.8 Å². The average Bonchev–Trinajstić information content (AvgIpc) is 3.07. The lowest BCUT2D eigenvalue weighted by Crippen LogP contribution is -2.15. The Hall–Kier alpha value is -3.13. The molecular formula is C20H22N4O3S. The van der Waals surface area contributed by atoms with Crippen molar-refractivity contribution in [2.45, 2.75) is 19.9 Å². The second-order valence-corrected chi connectivity index (χ2v) is 6.60. The smallest absolute Gasteiger partial charge is 0.226 e. The summed E-state index contributed by atoms with van der Waals surface area (Å²) in [5, 5.41) is 9.99. The predicted octanol–water partition coefficient (Wildman–Crippen LogP) is 3.96. The van der Waals surface area contributed by atoms with Crippen LogP contribution in [0.25, 0.3) is 11.4 Å². The first-order valence-electron chi connectivity index (χ1n) is 8.76. The Balaban J connectivity index is 1.69. The molecule has 3 rings (SSSR count). The van der Waals surface area contributed by atoms with E-state index in [0.717, 1.165) is 28.3 Å². The number of carbonyl (C=O) groups is 1. The number of carbonyl (C=O) groups excluding carboxylic acids is 1. The number of H-pyrrole nitrogens is 1. The number of nitrogens with zero attached hydrogens (tertiary/aromatic N) is 2. The summed E-state index contributed by atoms with van der Waals surface area (Å²) in [5.74, 6) is 2.12. The van der Waals surface area contributed by atoms with E-state index in [-0.39, 0.29) is 12.3 Å². The second kappa shape index (κ2) is 8.71. The van der Waals surface area contributed by atoms with Crippen LogP contribution in [0.15, 0.2) is 42.5 Å². The lowest BCUT2D eigenvalue weighted by Gasteiger charge is -2.10. The Morgan fingerprint density at radius 3 is 2.57 bits per heavy atom. The van der Waals surface area contributed by atoms with Crippen molar-refractivity contribution in [1.29, 1.82) is 0 Å². The molecule has 2 N–H and O–H groups in total. The molecule has 3 aromatic rings. The van der Waals surface area contributed by atoms with Crippen molar-refractivity contribution in [3.63, 3.8) is 0 Å². The molecule has 0 unspecified atom stereocenters. The van der Waals surface area contributed by atoms with E-state index in [1.807, 2.05) is 54.0 Å². The molecule has 0 saturated carbocycles. The number of nitrogens with one attached hydrogen (secondary N) is 2. The van der Waals surface area contributed by atoms with Gasteiger partial charge in [0.2, 0.25) is 5.91 Å². The summed E-state index contributed by atoms with van der Waals surface area (Å²) in [5.41, 5.74) is 2.58. The number of rotatable bonds is 7. The molecule has 0 spiro atoms. The largest absolute Gasteiger partial charge is 0.497 e. The minimum atomic E-state index is -0.103. The molecule has 146 valence electrons. The lowest BCUT2D eigenvalue weighted by molar-refractivity contribution is -0.116. The molecule has 0 atom stereocenters. The van der Waals surface area contributed by atoms with Gasteiger partial charge in [0.05, 0.1) is 14.2 Å². The van der Waals surface area contributed by atoms with Crippen molar-refractivity contribution < 1.29 is 14.3 Å². The van der Waals surface area contributed by atoms with Crippen LogP contribution in [-0.4, -0.2) is 34.9 Å². The summed E-state index contributed by atoms with van der Waals surface area (Å²) in [6, 6.07) is 13.0. The predicted molar refractivity (Wildman–Crippen MR) is 110 cm³/mol. The maximum atomic E-state index is 12.4. The third kappa shape index (κ3) is 4.40. The van der Waals surface area contributed by atoms with Gasteiger partial charge in [-0.3, -0.25) is 14.5 Å². The number of ether oxygens (including phenoxy) is 2. The third-order valence-electron chi connectivity index (χ3n) is 4.35. The molecule has 1 amide bonds. The number of aromatic amines is 1. The maximum Gasteiger partial charge on any atom is 0.226 e. The molecule has 0 saturated heterocycles. The van der Waals surface area contributed by atoms with Gasteiger partial charge < -0.3 is 14.8 Å². The topological polar surface area (TPSA) is 81.2 Å². The SMILES string of the molecule is COc1ccc(-c2n[nH]c(=S)n2CCC(=O)Nc2ccc(OC)c(C)c2)cc1. The fourth-order valence-electron chi connectivity index (χ4n) is 2.88. The first kappa shape index (κ1) is 19.6. The van der Waals surface area contributed by atoms with Crippen molar-refractivity contribution in [3.05, 3.63) is 52.8 Å². The number of aryl methyl sites for hydroxylation is 1. The van der Waals surface area contributed by atoms with Crippen LogP contribution in [0.2, 0.25) is 0 Å². The normalized spacial score (nSPS) is 10.5. The van der Waals surface area contributed by atoms with Crippen LogP contribution in [-0.2, 0) is 11.3 Å². The summed E-state index contributed by atoms with van der Waals surface area (Å²) in [7, 11) is 3.24. The standard InChI is InChI=1S/C20H22N4O3S/c1-13-12-15(6-9-17(13)27-3)21-18(25)10-11-24-19(22-23-20(24)28)14-4-7-16(26-2)8-5-14/h4-9,12H,10-11H2,1-3H3,(H,21,25)(H,23,28). The number of aromatic nitrogens is 3. The monoisotopic (exact) mass is 398 g/mol. The summed E-state index contributed by atoms with van der Waals surface area (Å²) in [6.45, 7) is 2.35. The molecule has 0 aliphatic rings. The van der Waals surface area contributed by atoms with Gasteiger partial charge in [-0.15, -0.1) is 0 Å². The van der Waals surface area contributed by atoms with Crippen molar-refractivity contribution in [2.75, 3.05) is 19.5 Å². The van der Waals surface area contributed by atoms with Crippen molar-refractivity contribution in [2.24, 2.45) is 0 Å². The van der Waals surface area contributed by atoms with Gasteiger partial charge in [-0.05, 0) is 67.2 Å². The summed E-state index contributed by atoms with van der Waals surface area (Å²) in [4.78, 5) is 12.4. The highest BCUT2D eigenvalue weighted by molar-refractivity contribution is 7.71. The van der Waals surface area contributed by atoms with Gasteiger partial charge in [-0.25, -0.2) is 0 Å². The quantitative estimate of drug-likeness (QED) is 0.589. The van der Waals surface area contributed by atoms with Crippen LogP contribution in [0, 0.1) is 11.7 Å². The Morgan fingerprint density at radius 2 is 1.93 bits per heavy atom. The van der Waals surface area contributed by atoms with Crippen LogP contribution in [0.4, 0.5) is 5.69 Å². The molecule has 0 aliphatic heterocycles. The minimum absolute atomic E-state index is 0.103. The Bertz CT molecular complexity index is 1020. The molecule has 7 nitrogen and oxygen atoms in total. The highest BCUT2D eigenvalue weighted by atomic mass is 32.1. The summed E-state index contributed by atoms with van der Waals surface area (Å²) >= 11 is 5.32. The number of amides is 1. The highest BCUT2D eigenvalue weighted by Crippen LogP contribution is 2.23. The van der Waals surface area contributed by atoms with Gasteiger partial charge >= 0.3 is 0 Å². The van der Waals surface area contributed by atoms with Gasteiger partial charge in [-0.2, -0.15) is 5.10 Å². The molecule has 0 fully saturated rings. The third-order valence-corrected chi connectivity index (χ3v) is 4.66. The van der Waals surface area contributed by atoms with Gasteiger partial charge in [0.15, 0.2) is 10.6 Å². The minimum Gasteiger partial charge on any atom is -0.497 e. The van der Waals surface area contributed by atoms with Crippen LogP contribution in [0.5, 0.6) is 11.5 Å². The lowest BCUT2D eigenvalue weighted by atomic mass is 10.2. The molecule has 2 aromatic carbocycles. The second-order valence-electron chi connectivity index (χ2n) is 6.22. The highest BCUT2D eigenvalue weighted by Gasteiger charge is 2.11. The average molecular weight is 398 g/mol. The zero-order valence-corrected chi connectivity index (χ0v) is 16.8.